The first-order chi connectivity index (χ1) is 8.77. The van der Waals surface area contributed by atoms with Crippen molar-refractivity contribution >= 4 is 23.5 Å². The number of carbonyl (C=O) groups is 2. The minimum atomic E-state index is -1.68. The Morgan fingerprint density at radius 1 is 1.53 bits per heavy atom. The molecule has 0 aliphatic carbocycles. The average molecular weight is 289 g/mol. The molecule has 0 amide bonds. The van der Waals surface area contributed by atoms with Crippen LogP contribution in [0.5, 0.6) is 0 Å². The summed E-state index contributed by atoms with van der Waals surface area (Å²) in [6.45, 7) is 5.45. The number of carboxylic acids is 1. The fourth-order valence-corrected chi connectivity index (χ4v) is 2.04. The first-order valence-electron chi connectivity index (χ1n) is 5.81. The lowest BCUT2D eigenvalue weighted by atomic mass is 9.85. The number of hydrogen-bond acceptors (Lipinski definition) is 4. The van der Waals surface area contributed by atoms with Crippen LogP contribution in [0.25, 0.3) is 0 Å². The Bertz CT molecular complexity index is 512. The highest BCUT2D eigenvalue weighted by molar-refractivity contribution is 6.31. The van der Waals surface area contributed by atoms with Crippen LogP contribution in [0.3, 0.4) is 0 Å². The molecule has 0 saturated heterocycles. The number of carboxylic acid groups (broad SMARTS) is 1. The molecule has 1 rings (SSSR count). The Morgan fingerprint density at radius 2 is 2.11 bits per heavy atom. The van der Waals surface area contributed by atoms with E-state index in [9.17, 15) is 14.7 Å². The van der Waals surface area contributed by atoms with Crippen molar-refractivity contribution in [2.24, 2.45) is 5.41 Å². The second-order valence-corrected chi connectivity index (χ2v) is 4.85. The summed E-state index contributed by atoms with van der Waals surface area (Å²) in [5, 5.41) is 13.9. The molecule has 1 atom stereocenters. The molecule has 1 heterocycles. The molecule has 0 aliphatic heterocycles. The van der Waals surface area contributed by atoms with E-state index in [4.69, 9.17) is 11.6 Å². The topological polar surface area (TPSA) is 81.4 Å². The summed E-state index contributed by atoms with van der Waals surface area (Å²) in [7, 11) is 1.16. The predicted octanol–water partition coefficient (Wildman–Crippen LogP) is 1.67. The van der Waals surface area contributed by atoms with Gasteiger partial charge in [-0.05, 0) is 20.8 Å². The maximum atomic E-state index is 11.7. The number of aliphatic carboxylic acids is 1. The van der Waals surface area contributed by atoms with Gasteiger partial charge in [-0.15, -0.1) is 0 Å². The molecule has 6 nitrogen and oxygen atoms in total. The molecular weight excluding hydrogens is 272 g/mol. The lowest BCUT2D eigenvalue weighted by molar-refractivity contribution is -0.165. The summed E-state index contributed by atoms with van der Waals surface area (Å²) in [4.78, 5) is 23.1. The number of ether oxygens (including phenoxy) is 1. The van der Waals surface area contributed by atoms with Gasteiger partial charge < -0.3 is 9.84 Å². The van der Waals surface area contributed by atoms with Crippen molar-refractivity contribution < 1.29 is 19.4 Å². The van der Waals surface area contributed by atoms with E-state index in [0.29, 0.717) is 23.0 Å². The van der Waals surface area contributed by atoms with E-state index < -0.39 is 17.4 Å². The van der Waals surface area contributed by atoms with E-state index in [1.54, 1.807) is 11.6 Å². The summed E-state index contributed by atoms with van der Waals surface area (Å²) in [6.07, 6.45) is -0.0669. The maximum absolute atomic E-state index is 11.7. The average Bonchev–Trinajstić information content (AvgIpc) is 2.64. The molecular formula is C12H17ClN2O4. The molecule has 0 aromatic carbocycles. The van der Waals surface area contributed by atoms with Crippen LogP contribution in [0.1, 0.15) is 25.2 Å². The fourth-order valence-electron chi connectivity index (χ4n) is 1.83. The molecule has 1 N–H and O–H groups in total. The van der Waals surface area contributed by atoms with Crippen LogP contribution in [0.4, 0.5) is 0 Å². The third-order valence-corrected chi connectivity index (χ3v) is 3.57. The SMILES string of the molecule is CCn1nc(C)c(Cl)c1CC(C)(C(=O)O)C(=O)OC. The van der Waals surface area contributed by atoms with Gasteiger partial charge in [0.05, 0.1) is 23.5 Å². The van der Waals surface area contributed by atoms with Gasteiger partial charge in [-0.3, -0.25) is 14.3 Å². The number of rotatable bonds is 5. The largest absolute Gasteiger partial charge is 0.480 e. The first kappa shape index (κ1) is 15.5. The van der Waals surface area contributed by atoms with Gasteiger partial charge in [-0.25, -0.2) is 0 Å². The van der Waals surface area contributed by atoms with Crippen molar-refractivity contribution in [3.63, 3.8) is 0 Å². The molecule has 0 aliphatic rings. The quantitative estimate of drug-likeness (QED) is 0.658. The third-order valence-electron chi connectivity index (χ3n) is 3.08. The fraction of sp³-hybridized carbons (Fsp3) is 0.583. The van der Waals surface area contributed by atoms with Gasteiger partial charge in [0.1, 0.15) is 0 Å². The number of aromatic nitrogens is 2. The van der Waals surface area contributed by atoms with Crippen LogP contribution in [0.15, 0.2) is 0 Å². The normalized spacial score (nSPS) is 13.9. The minimum absolute atomic E-state index is 0.0669. The Kier molecular flexibility index (Phi) is 4.57. The molecule has 0 spiro atoms. The lowest BCUT2D eigenvalue weighted by Crippen LogP contribution is -2.40. The minimum Gasteiger partial charge on any atom is -0.480 e. The zero-order valence-electron chi connectivity index (χ0n) is 11.4. The van der Waals surface area contributed by atoms with Crippen molar-refractivity contribution in [1.82, 2.24) is 9.78 Å². The van der Waals surface area contributed by atoms with Crippen LogP contribution < -0.4 is 0 Å². The van der Waals surface area contributed by atoms with Gasteiger partial charge >= 0.3 is 11.9 Å². The first-order valence-corrected chi connectivity index (χ1v) is 6.19. The van der Waals surface area contributed by atoms with E-state index in [1.165, 1.54) is 6.92 Å². The number of halogens is 1. The molecule has 106 valence electrons. The Hall–Kier alpha value is -1.56. The monoisotopic (exact) mass is 288 g/mol. The lowest BCUT2D eigenvalue weighted by Gasteiger charge is -2.22. The number of esters is 1. The predicted molar refractivity (Wildman–Crippen MR) is 69.1 cm³/mol. The molecule has 1 unspecified atom stereocenters. The number of nitrogens with zero attached hydrogens (tertiary/aromatic N) is 2. The van der Waals surface area contributed by atoms with Crippen molar-refractivity contribution in [3.8, 4) is 0 Å². The summed E-state index contributed by atoms with van der Waals surface area (Å²) >= 11 is 6.12. The van der Waals surface area contributed by atoms with Crippen molar-refractivity contribution in [3.05, 3.63) is 16.4 Å². The summed E-state index contributed by atoms with van der Waals surface area (Å²) in [6, 6.07) is 0. The highest BCUT2D eigenvalue weighted by Crippen LogP contribution is 2.30. The second-order valence-electron chi connectivity index (χ2n) is 4.47. The molecule has 19 heavy (non-hydrogen) atoms. The van der Waals surface area contributed by atoms with Crippen molar-refractivity contribution in [2.45, 2.75) is 33.7 Å². The molecule has 0 fully saturated rings. The Balaban J connectivity index is 3.25. The smallest absolute Gasteiger partial charge is 0.323 e. The van der Waals surface area contributed by atoms with E-state index in [2.05, 4.69) is 9.84 Å². The van der Waals surface area contributed by atoms with E-state index in [1.807, 2.05) is 6.92 Å². The molecule has 1 aromatic heterocycles. The van der Waals surface area contributed by atoms with Crippen LogP contribution in [0, 0.1) is 12.3 Å². The standard InChI is InChI=1S/C12H17ClN2O4/c1-5-15-8(9(13)7(2)14-15)6-12(3,10(16)17)11(18)19-4/h5-6H2,1-4H3,(H,16,17). The van der Waals surface area contributed by atoms with E-state index in [0.717, 1.165) is 7.11 Å². The summed E-state index contributed by atoms with van der Waals surface area (Å²) in [5.41, 5.74) is -0.550. The van der Waals surface area contributed by atoms with Crippen LogP contribution in [-0.4, -0.2) is 33.9 Å². The zero-order valence-corrected chi connectivity index (χ0v) is 12.1. The van der Waals surface area contributed by atoms with E-state index in [-0.39, 0.29) is 6.42 Å². The van der Waals surface area contributed by atoms with Crippen LogP contribution in [-0.2, 0) is 27.3 Å². The van der Waals surface area contributed by atoms with Crippen molar-refractivity contribution in [1.29, 1.82) is 0 Å². The Labute approximate surface area is 116 Å². The van der Waals surface area contributed by atoms with Gasteiger partial charge in [0.2, 0.25) is 0 Å². The third kappa shape index (κ3) is 2.73. The number of hydrogen-bond donors (Lipinski definition) is 1. The van der Waals surface area contributed by atoms with Gasteiger partial charge in [0.25, 0.3) is 0 Å². The van der Waals surface area contributed by atoms with Crippen LogP contribution >= 0.6 is 11.6 Å². The van der Waals surface area contributed by atoms with Crippen LogP contribution in [0.2, 0.25) is 5.02 Å². The number of methoxy groups -OCH3 is 1. The number of carbonyl (C=O) groups excluding carboxylic acids is 1. The molecule has 1 aromatic rings. The second kappa shape index (κ2) is 5.61. The summed E-state index contributed by atoms with van der Waals surface area (Å²) in [5.74, 6) is -2.06. The van der Waals surface area contributed by atoms with Gasteiger partial charge in [-0.1, -0.05) is 11.6 Å². The highest BCUT2D eigenvalue weighted by Gasteiger charge is 2.44. The highest BCUT2D eigenvalue weighted by atomic mass is 35.5. The number of aryl methyl sites for hydroxylation is 2. The van der Waals surface area contributed by atoms with Crippen molar-refractivity contribution in [2.75, 3.05) is 7.11 Å². The Morgan fingerprint density at radius 3 is 2.53 bits per heavy atom. The molecule has 0 bridgehead atoms. The molecule has 0 radical (unpaired) electrons. The maximum Gasteiger partial charge on any atom is 0.323 e. The van der Waals surface area contributed by atoms with Gasteiger partial charge in [0, 0.05) is 13.0 Å². The van der Waals surface area contributed by atoms with Gasteiger partial charge in [0.15, 0.2) is 5.41 Å². The molecule has 0 saturated carbocycles. The summed E-state index contributed by atoms with van der Waals surface area (Å²) < 4.78 is 6.18. The van der Waals surface area contributed by atoms with E-state index >= 15 is 0 Å². The van der Waals surface area contributed by atoms with Gasteiger partial charge in [-0.2, -0.15) is 5.10 Å². The molecule has 7 heteroatoms. The zero-order chi connectivity index (χ0) is 14.8.